The summed E-state index contributed by atoms with van der Waals surface area (Å²) in [6, 6.07) is 2.71. The number of carboxylic acid groups (broad SMARTS) is 1. The number of nitriles is 1. The van der Waals surface area contributed by atoms with Crippen molar-refractivity contribution in [2.24, 2.45) is 0 Å². The summed E-state index contributed by atoms with van der Waals surface area (Å²) < 4.78 is 26.2. The Balaban J connectivity index is 2.92. The van der Waals surface area contributed by atoms with Crippen LogP contribution in [0.1, 0.15) is 16.9 Å². The van der Waals surface area contributed by atoms with Crippen LogP contribution in [0.3, 0.4) is 0 Å². The Morgan fingerprint density at radius 3 is 2.79 bits per heavy atom. The predicted molar refractivity (Wildman–Crippen MR) is 45.2 cm³/mol. The molecule has 0 atom stereocenters. The van der Waals surface area contributed by atoms with Crippen LogP contribution in [0.2, 0.25) is 0 Å². The Bertz CT molecular complexity index is 394. The van der Waals surface area contributed by atoms with Gasteiger partial charge in [0.05, 0.1) is 10.4 Å². The smallest absolute Gasteiger partial charge is 0.309 e. The maximum absolute atomic E-state index is 13.1. The van der Waals surface area contributed by atoms with Gasteiger partial charge in [-0.25, -0.2) is 0 Å². The lowest BCUT2D eigenvalue weighted by molar-refractivity contribution is -0.145. The molecule has 0 unspecified atom stereocenters. The second-order valence-corrected chi connectivity index (χ2v) is 3.50. The van der Waals surface area contributed by atoms with E-state index in [4.69, 9.17) is 10.4 Å². The fourth-order valence-corrected chi connectivity index (χ4v) is 1.68. The summed E-state index contributed by atoms with van der Waals surface area (Å²) in [7, 11) is 0. The van der Waals surface area contributed by atoms with E-state index in [2.05, 4.69) is 0 Å². The SMILES string of the molecule is N#Cc1csc(C(F)(F)CC(=O)O)c1. The molecule has 0 amide bonds. The van der Waals surface area contributed by atoms with Crippen LogP contribution in [-0.2, 0) is 10.7 Å². The van der Waals surface area contributed by atoms with Gasteiger partial charge in [-0.1, -0.05) is 0 Å². The van der Waals surface area contributed by atoms with E-state index >= 15 is 0 Å². The van der Waals surface area contributed by atoms with Gasteiger partial charge in [0.1, 0.15) is 12.5 Å². The molecule has 1 N–H and O–H groups in total. The third-order valence-corrected chi connectivity index (χ3v) is 2.50. The number of carboxylic acids is 1. The molecule has 0 fully saturated rings. The lowest BCUT2D eigenvalue weighted by Gasteiger charge is -2.10. The molecule has 74 valence electrons. The van der Waals surface area contributed by atoms with Crippen LogP contribution in [0, 0.1) is 11.3 Å². The summed E-state index contributed by atoms with van der Waals surface area (Å²) in [6.45, 7) is 0. The second kappa shape index (κ2) is 3.72. The molecule has 0 aliphatic heterocycles. The first-order chi connectivity index (χ1) is 6.45. The number of aliphatic carboxylic acids is 1. The molecule has 3 nitrogen and oxygen atoms in total. The monoisotopic (exact) mass is 217 g/mol. The van der Waals surface area contributed by atoms with Gasteiger partial charge in [-0.3, -0.25) is 4.79 Å². The average Bonchev–Trinajstić information content (AvgIpc) is 2.49. The molecule has 0 saturated heterocycles. The Morgan fingerprint density at radius 1 is 1.71 bits per heavy atom. The zero-order valence-electron chi connectivity index (χ0n) is 6.83. The molecule has 0 aromatic carbocycles. The van der Waals surface area contributed by atoms with Crippen LogP contribution in [0.4, 0.5) is 8.78 Å². The fraction of sp³-hybridized carbons (Fsp3) is 0.250. The maximum Gasteiger partial charge on any atom is 0.309 e. The second-order valence-electron chi connectivity index (χ2n) is 2.59. The van der Waals surface area contributed by atoms with Gasteiger partial charge in [0.25, 0.3) is 5.92 Å². The van der Waals surface area contributed by atoms with E-state index in [1.807, 2.05) is 0 Å². The molecule has 0 bridgehead atoms. The quantitative estimate of drug-likeness (QED) is 0.844. The number of hydrogen-bond acceptors (Lipinski definition) is 3. The molecule has 1 aromatic heterocycles. The number of rotatable bonds is 3. The van der Waals surface area contributed by atoms with Crippen molar-refractivity contribution in [3.63, 3.8) is 0 Å². The van der Waals surface area contributed by atoms with E-state index in [0.29, 0.717) is 11.3 Å². The molecular formula is C8H5F2NO2S. The fourth-order valence-electron chi connectivity index (χ4n) is 0.864. The van der Waals surface area contributed by atoms with Gasteiger partial charge in [-0.05, 0) is 6.07 Å². The van der Waals surface area contributed by atoms with Gasteiger partial charge in [0.2, 0.25) is 0 Å². The topological polar surface area (TPSA) is 61.1 Å². The highest BCUT2D eigenvalue weighted by atomic mass is 32.1. The summed E-state index contributed by atoms with van der Waals surface area (Å²) in [6.07, 6.45) is -1.25. The normalized spacial score (nSPS) is 10.9. The van der Waals surface area contributed by atoms with Crippen LogP contribution in [0.15, 0.2) is 11.4 Å². The summed E-state index contributed by atoms with van der Waals surface area (Å²) in [5.41, 5.74) is 0.120. The van der Waals surface area contributed by atoms with Crippen molar-refractivity contribution >= 4 is 17.3 Å². The molecule has 1 aromatic rings. The summed E-state index contributed by atoms with van der Waals surface area (Å²) in [5, 5.41) is 17.9. The average molecular weight is 217 g/mol. The van der Waals surface area contributed by atoms with E-state index in [-0.39, 0.29) is 5.56 Å². The number of thiophene rings is 1. The van der Waals surface area contributed by atoms with Crippen molar-refractivity contribution in [2.45, 2.75) is 12.3 Å². The number of nitrogens with zero attached hydrogens (tertiary/aromatic N) is 1. The van der Waals surface area contributed by atoms with Gasteiger partial charge in [0.15, 0.2) is 0 Å². The van der Waals surface area contributed by atoms with Crippen LogP contribution in [0.25, 0.3) is 0 Å². The van der Waals surface area contributed by atoms with Crippen LogP contribution in [-0.4, -0.2) is 11.1 Å². The minimum absolute atomic E-state index is 0.120. The first kappa shape index (κ1) is 10.6. The van der Waals surface area contributed by atoms with Crippen molar-refractivity contribution in [1.29, 1.82) is 5.26 Å². The van der Waals surface area contributed by atoms with Crippen molar-refractivity contribution in [2.75, 3.05) is 0 Å². The number of alkyl halides is 2. The molecule has 0 saturated carbocycles. The molecular weight excluding hydrogens is 212 g/mol. The molecule has 1 rings (SSSR count). The largest absolute Gasteiger partial charge is 0.481 e. The molecule has 0 aliphatic carbocycles. The highest BCUT2D eigenvalue weighted by molar-refractivity contribution is 7.10. The predicted octanol–water partition coefficient (Wildman–Crippen LogP) is 2.19. The molecule has 14 heavy (non-hydrogen) atoms. The highest BCUT2D eigenvalue weighted by Crippen LogP contribution is 2.35. The van der Waals surface area contributed by atoms with E-state index in [0.717, 1.165) is 6.07 Å². The first-order valence-electron chi connectivity index (χ1n) is 3.54. The lowest BCUT2D eigenvalue weighted by Crippen LogP contribution is -2.16. The Hall–Kier alpha value is -1.48. The minimum atomic E-state index is -3.40. The molecule has 1 heterocycles. The maximum atomic E-state index is 13.1. The highest BCUT2D eigenvalue weighted by Gasteiger charge is 2.36. The lowest BCUT2D eigenvalue weighted by atomic mass is 10.2. The minimum Gasteiger partial charge on any atom is -0.481 e. The van der Waals surface area contributed by atoms with E-state index in [1.165, 1.54) is 5.38 Å². The third kappa shape index (κ3) is 2.26. The number of hydrogen-bond donors (Lipinski definition) is 1. The number of carbonyl (C=O) groups is 1. The Kier molecular flexibility index (Phi) is 2.81. The first-order valence-corrected chi connectivity index (χ1v) is 4.42. The number of halogens is 2. The summed E-state index contributed by atoms with van der Waals surface area (Å²) in [5.74, 6) is -4.96. The van der Waals surface area contributed by atoms with Gasteiger partial charge in [-0.2, -0.15) is 14.0 Å². The van der Waals surface area contributed by atoms with Gasteiger partial charge in [0, 0.05) is 5.38 Å². The van der Waals surface area contributed by atoms with Crippen molar-refractivity contribution in [3.05, 3.63) is 21.9 Å². The van der Waals surface area contributed by atoms with Gasteiger partial charge < -0.3 is 5.11 Å². The summed E-state index contributed by atoms with van der Waals surface area (Å²) in [4.78, 5) is 9.73. The molecule has 0 spiro atoms. The van der Waals surface area contributed by atoms with Crippen LogP contribution in [0.5, 0.6) is 0 Å². The van der Waals surface area contributed by atoms with Gasteiger partial charge >= 0.3 is 5.97 Å². The van der Waals surface area contributed by atoms with Crippen LogP contribution < -0.4 is 0 Å². The van der Waals surface area contributed by atoms with Crippen molar-refractivity contribution in [1.82, 2.24) is 0 Å². The zero-order valence-corrected chi connectivity index (χ0v) is 7.65. The Morgan fingerprint density at radius 2 is 2.36 bits per heavy atom. The molecule has 6 heteroatoms. The van der Waals surface area contributed by atoms with Crippen molar-refractivity contribution in [3.8, 4) is 6.07 Å². The summed E-state index contributed by atoms with van der Waals surface area (Å²) >= 11 is 0.687. The standard InChI is InChI=1S/C8H5F2NO2S/c9-8(10,2-7(12)13)6-1-5(3-11)4-14-6/h1,4H,2H2,(H,12,13). The Labute approximate surface area is 82.2 Å². The third-order valence-electron chi connectivity index (χ3n) is 1.46. The van der Waals surface area contributed by atoms with E-state index in [9.17, 15) is 13.6 Å². The van der Waals surface area contributed by atoms with Crippen molar-refractivity contribution < 1.29 is 18.7 Å². The molecule has 0 radical (unpaired) electrons. The zero-order chi connectivity index (χ0) is 10.8. The van der Waals surface area contributed by atoms with E-state index < -0.39 is 23.2 Å². The van der Waals surface area contributed by atoms with E-state index in [1.54, 1.807) is 6.07 Å². The van der Waals surface area contributed by atoms with Crippen LogP contribution >= 0.6 is 11.3 Å². The van der Waals surface area contributed by atoms with Gasteiger partial charge in [-0.15, -0.1) is 11.3 Å². The molecule has 0 aliphatic rings.